The Bertz CT molecular complexity index is 1340. The van der Waals surface area contributed by atoms with E-state index in [0.717, 1.165) is 17.5 Å². The van der Waals surface area contributed by atoms with Crippen LogP contribution in [-0.4, -0.2) is 24.0 Å². The van der Waals surface area contributed by atoms with Crippen LogP contribution in [0.25, 0.3) is 11.0 Å². The standard InChI is InChI=1S/C25H26N2O6/c1-13-14(2)24(30)32-22-16-9-10-25(3,4)33-18(16)11-19(21(13)22)31-12-20(28)27-17-8-6-5-7-15(17)23(26)29/h5-8,11H,9-10,12H2,1-4H3,(H2,26,29)(H,27,28). The normalized spacial score (nSPS) is 14.3. The molecule has 33 heavy (non-hydrogen) atoms. The number of benzene rings is 2. The van der Waals surface area contributed by atoms with Crippen molar-refractivity contribution in [3.8, 4) is 11.5 Å². The van der Waals surface area contributed by atoms with Crippen molar-refractivity contribution in [2.45, 2.75) is 46.1 Å². The number of nitrogens with one attached hydrogen (secondary N) is 1. The summed E-state index contributed by atoms with van der Waals surface area (Å²) in [6.07, 6.45) is 1.46. The number of ether oxygens (including phenoxy) is 2. The van der Waals surface area contributed by atoms with Crippen molar-refractivity contribution in [1.29, 1.82) is 0 Å². The highest BCUT2D eigenvalue weighted by Crippen LogP contribution is 2.43. The molecule has 2 amide bonds. The number of aryl methyl sites for hydroxylation is 2. The number of rotatable bonds is 5. The van der Waals surface area contributed by atoms with Gasteiger partial charge in [-0.15, -0.1) is 0 Å². The summed E-state index contributed by atoms with van der Waals surface area (Å²) in [5, 5.41) is 3.29. The molecular weight excluding hydrogens is 424 g/mol. The molecule has 0 atom stereocenters. The molecule has 0 saturated carbocycles. The summed E-state index contributed by atoms with van der Waals surface area (Å²) >= 11 is 0. The van der Waals surface area contributed by atoms with Crippen LogP contribution in [-0.2, 0) is 11.2 Å². The van der Waals surface area contributed by atoms with Crippen molar-refractivity contribution < 1.29 is 23.5 Å². The van der Waals surface area contributed by atoms with Gasteiger partial charge >= 0.3 is 5.63 Å². The number of hydrogen-bond donors (Lipinski definition) is 2. The van der Waals surface area contributed by atoms with Gasteiger partial charge in [0.05, 0.1) is 16.6 Å². The molecule has 0 aliphatic carbocycles. The second-order valence-corrected chi connectivity index (χ2v) is 8.80. The second kappa shape index (κ2) is 8.27. The van der Waals surface area contributed by atoms with Crippen molar-refractivity contribution in [2.75, 3.05) is 11.9 Å². The third kappa shape index (κ3) is 4.28. The maximum absolute atomic E-state index is 12.6. The summed E-state index contributed by atoms with van der Waals surface area (Å²) in [6, 6.07) is 8.21. The van der Waals surface area contributed by atoms with E-state index in [1.54, 1.807) is 31.2 Å². The van der Waals surface area contributed by atoms with Gasteiger partial charge in [-0.05, 0) is 58.2 Å². The summed E-state index contributed by atoms with van der Waals surface area (Å²) in [7, 11) is 0. The molecule has 1 aromatic heterocycles. The molecule has 3 aromatic rings. The van der Waals surface area contributed by atoms with E-state index < -0.39 is 17.4 Å². The fourth-order valence-electron chi connectivity index (χ4n) is 3.98. The summed E-state index contributed by atoms with van der Waals surface area (Å²) < 4.78 is 17.7. The Morgan fingerprint density at radius 1 is 1.18 bits per heavy atom. The van der Waals surface area contributed by atoms with Crippen LogP contribution in [0.2, 0.25) is 0 Å². The quantitative estimate of drug-likeness (QED) is 0.573. The number of nitrogens with two attached hydrogens (primary N) is 1. The highest BCUT2D eigenvalue weighted by Gasteiger charge is 2.31. The molecular formula is C25H26N2O6. The van der Waals surface area contributed by atoms with Gasteiger partial charge in [0.25, 0.3) is 11.8 Å². The van der Waals surface area contributed by atoms with Gasteiger partial charge in [0, 0.05) is 17.2 Å². The lowest BCUT2D eigenvalue weighted by atomic mass is 9.92. The van der Waals surface area contributed by atoms with Crippen molar-refractivity contribution in [3.05, 3.63) is 63.0 Å². The Morgan fingerprint density at radius 3 is 2.64 bits per heavy atom. The number of hydrogen-bond acceptors (Lipinski definition) is 6. The second-order valence-electron chi connectivity index (χ2n) is 8.80. The summed E-state index contributed by atoms with van der Waals surface area (Å²) in [4.78, 5) is 36.6. The van der Waals surface area contributed by atoms with Gasteiger partial charge in [0.15, 0.2) is 6.61 Å². The number of fused-ring (bicyclic) bond motifs is 3. The summed E-state index contributed by atoms with van der Waals surface area (Å²) in [5.74, 6) is -0.167. The zero-order chi connectivity index (χ0) is 23.9. The minimum atomic E-state index is -0.645. The number of carbonyl (C=O) groups excluding carboxylic acids is 2. The minimum Gasteiger partial charge on any atom is -0.487 e. The molecule has 3 N–H and O–H groups in total. The molecule has 8 heteroatoms. The molecule has 4 rings (SSSR count). The lowest BCUT2D eigenvalue weighted by Crippen LogP contribution is -2.32. The molecule has 1 aliphatic heterocycles. The number of carbonyl (C=O) groups is 2. The van der Waals surface area contributed by atoms with Crippen LogP contribution in [0.3, 0.4) is 0 Å². The molecule has 0 saturated heterocycles. The van der Waals surface area contributed by atoms with E-state index in [4.69, 9.17) is 19.6 Å². The molecule has 0 unspecified atom stereocenters. The van der Waals surface area contributed by atoms with Gasteiger partial charge in [-0.3, -0.25) is 9.59 Å². The number of anilines is 1. The number of primary amides is 1. The van der Waals surface area contributed by atoms with E-state index in [1.165, 1.54) is 6.07 Å². The Balaban J connectivity index is 1.69. The van der Waals surface area contributed by atoms with E-state index in [9.17, 15) is 14.4 Å². The summed E-state index contributed by atoms with van der Waals surface area (Å²) in [5.41, 5.74) is 7.53. The van der Waals surface area contributed by atoms with Gasteiger partial charge < -0.3 is 24.9 Å². The fraction of sp³-hybridized carbons (Fsp3) is 0.320. The molecule has 2 heterocycles. The molecule has 172 valence electrons. The minimum absolute atomic E-state index is 0.203. The SMILES string of the molecule is Cc1c(C)c2c(OCC(=O)Nc3ccccc3C(N)=O)cc3c(c2oc1=O)CCC(C)(C)O3. The highest BCUT2D eigenvalue weighted by molar-refractivity contribution is 6.03. The van der Waals surface area contributed by atoms with E-state index >= 15 is 0 Å². The zero-order valence-corrected chi connectivity index (χ0v) is 19.0. The first-order valence-corrected chi connectivity index (χ1v) is 10.7. The summed E-state index contributed by atoms with van der Waals surface area (Å²) in [6.45, 7) is 7.16. The van der Waals surface area contributed by atoms with Crippen molar-refractivity contribution in [2.24, 2.45) is 5.73 Å². The van der Waals surface area contributed by atoms with Crippen LogP contribution in [0, 0.1) is 13.8 Å². The Labute approximate surface area is 190 Å². The predicted molar refractivity (Wildman–Crippen MR) is 124 cm³/mol. The van der Waals surface area contributed by atoms with E-state index in [0.29, 0.717) is 40.1 Å². The first-order chi connectivity index (χ1) is 15.6. The van der Waals surface area contributed by atoms with Crippen LogP contribution in [0.15, 0.2) is 39.5 Å². The average molecular weight is 450 g/mol. The third-order valence-electron chi connectivity index (χ3n) is 5.93. The molecule has 0 bridgehead atoms. The van der Waals surface area contributed by atoms with Gasteiger partial charge in [0.1, 0.15) is 22.7 Å². The third-order valence-corrected chi connectivity index (χ3v) is 5.93. The zero-order valence-electron chi connectivity index (χ0n) is 19.0. The maximum atomic E-state index is 12.6. The van der Waals surface area contributed by atoms with Crippen molar-refractivity contribution >= 4 is 28.5 Å². The fourth-order valence-corrected chi connectivity index (χ4v) is 3.98. The Kier molecular flexibility index (Phi) is 5.61. The lowest BCUT2D eigenvalue weighted by molar-refractivity contribution is -0.118. The topological polar surface area (TPSA) is 121 Å². The van der Waals surface area contributed by atoms with Crippen molar-refractivity contribution in [1.82, 2.24) is 0 Å². The van der Waals surface area contributed by atoms with Crippen molar-refractivity contribution in [3.63, 3.8) is 0 Å². The monoisotopic (exact) mass is 450 g/mol. The first-order valence-electron chi connectivity index (χ1n) is 10.7. The highest BCUT2D eigenvalue weighted by atomic mass is 16.5. The molecule has 0 fully saturated rings. The van der Waals surface area contributed by atoms with E-state index in [-0.39, 0.29) is 17.8 Å². The molecule has 0 radical (unpaired) electrons. The predicted octanol–water partition coefficient (Wildman–Crippen LogP) is 3.63. The van der Waals surface area contributed by atoms with Crippen LogP contribution in [0.4, 0.5) is 5.69 Å². The number of amides is 2. The number of para-hydroxylation sites is 1. The lowest BCUT2D eigenvalue weighted by Gasteiger charge is -2.33. The first kappa shape index (κ1) is 22.4. The molecule has 2 aromatic carbocycles. The maximum Gasteiger partial charge on any atom is 0.339 e. The average Bonchev–Trinajstić information content (AvgIpc) is 2.75. The van der Waals surface area contributed by atoms with Gasteiger partial charge in [-0.25, -0.2) is 4.79 Å². The van der Waals surface area contributed by atoms with Crippen LogP contribution in [0.5, 0.6) is 11.5 Å². The Morgan fingerprint density at radius 2 is 1.91 bits per heavy atom. The largest absolute Gasteiger partial charge is 0.487 e. The van der Waals surface area contributed by atoms with Gasteiger partial charge in [-0.1, -0.05) is 12.1 Å². The Hall–Kier alpha value is -3.81. The molecule has 0 spiro atoms. The smallest absolute Gasteiger partial charge is 0.339 e. The van der Waals surface area contributed by atoms with Gasteiger partial charge in [-0.2, -0.15) is 0 Å². The molecule has 1 aliphatic rings. The van der Waals surface area contributed by atoms with Crippen LogP contribution in [0.1, 0.15) is 47.3 Å². The molecule has 8 nitrogen and oxygen atoms in total. The van der Waals surface area contributed by atoms with E-state index in [2.05, 4.69) is 5.32 Å². The van der Waals surface area contributed by atoms with E-state index in [1.807, 2.05) is 20.8 Å². The van der Waals surface area contributed by atoms with Gasteiger partial charge in [0.2, 0.25) is 0 Å². The van der Waals surface area contributed by atoms with Crippen LogP contribution >= 0.6 is 0 Å². The van der Waals surface area contributed by atoms with Crippen LogP contribution < -0.4 is 26.1 Å².